The lowest BCUT2D eigenvalue weighted by Gasteiger charge is -2.62. The Kier molecular flexibility index (Phi) is 16.2. The second-order valence-corrected chi connectivity index (χ2v) is 22.2. The molecular weight excluding hydrogens is 801 g/mol. The fourth-order valence-electron chi connectivity index (χ4n) is 12.6. The molecule has 4 aliphatic carbocycles. The normalized spacial score (nSPS) is 34.1. The van der Waals surface area contributed by atoms with Gasteiger partial charge in [0, 0.05) is 12.3 Å². The van der Waals surface area contributed by atoms with Gasteiger partial charge >= 0.3 is 22.3 Å². The zero-order chi connectivity index (χ0) is 45.2. The van der Waals surface area contributed by atoms with Crippen molar-refractivity contribution < 1.29 is 56.3 Å². The number of allylic oxidation sites excluding steroid dienone is 2. The van der Waals surface area contributed by atoms with Crippen LogP contribution < -0.4 is 0 Å². The second-order valence-electron chi connectivity index (χ2n) is 21.2. The van der Waals surface area contributed by atoms with Gasteiger partial charge in [0.15, 0.2) is 0 Å². The Morgan fingerprint density at radius 2 is 1.54 bits per heavy atom. The van der Waals surface area contributed by atoms with Crippen LogP contribution in [-0.2, 0) is 38.4 Å². The summed E-state index contributed by atoms with van der Waals surface area (Å²) >= 11 is 0. The van der Waals surface area contributed by atoms with Gasteiger partial charge in [0.2, 0.25) is 0 Å². The number of fused-ring (bicyclic) bond motifs is 4. The van der Waals surface area contributed by atoms with Crippen LogP contribution in [0.1, 0.15) is 184 Å². The highest BCUT2D eigenvalue weighted by Crippen LogP contribution is 2.68. The van der Waals surface area contributed by atoms with Crippen molar-refractivity contribution in [3.8, 4) is 0 Å². The molecule has 1 saturated heterocycles. The van der Waals surface area contributed by atoms with Crippen LogP contribution in [0.3, 0.4) is 0 Å². The number of hydrogen-bond donors (Lipinski definition) is 4. The number of hydrogen-bond acceptors (Lipinski definition) is 11. The molecule has 0 aromatic carbocycles. The molecule has 5 aliphatic rings. The number of carbonyl (C=O) groups is 2. The van der Waals surface area contributed by atoms with E-state index in [1.165, 1.54) is 51.9 Å². The smallest absolute Gasteiger partial charge is 0.397 e. The minimum absolute atomic E-state index is 0.0132. The molecule has 1 aliphatic heterocycles. The summed E-state index contributed by atoms with van der Waals surface area (Å²) in [6.07, 6.45) is 13.2. The van der Waals surface area contributed by atoms with Crippen LogP contribution in [0.5, 0.6) is 0 Å². The number of aliphatic hydroxyl groups excluding tert-OH is 2. The van der Waals surface area contributed by atoms with E-state index in [1.807, 2.05) is 20.8 Å². The third kappa shape index (κ3) is 11.0. The van der Waals surface area contributed by atoms with Crippen molar-refractivity contribution in [1.82, 2.24) is 0 Å². The van der Waals surface area contributed by atoms with E-state index in [1.54, 1.807) is 13.8 Å². The predicted molar refractivity (Wildman–Crippen MR) is 233 cm³/mol. The molecule has 61 heavy (non-hydrogen) atoms. The van der Waals surface area contributed by atoms with Gasteiger partial charge in [-0.1, -0.05) is 118 Å². The largest absolute Gasteiger partial charge is 0.459 e. The molecule has 0 amide bonds. The first kappa shape index (κ1) is 50.1. The topological polar surface area (TPSA) is 189 Å². The lowest BCUT2D eigenvalue weighted by Crippen LogP contribution is -2.64. The maximum absolute atomic E-state index is 13.6. The lowest BCUT2D eigenvalue weighted by atomic mass is 9.45. The summed E-state index contributed by atoms with van der Waals surface area (Å²) in [5.74, 6) is -1.36. The Labute approximate surface area is 366 Å². The van der Waals surface area contributed by atoms with E-state index in [-0.39, 0.29) is 30.6 Å². The van der Waals surface area contributed by atoms with Gasteiger partial charge in [-0.05, 0) is 104 Å². The van der Waals surface area contributed by atoms with E-state index in [9.17, 15) is 37.9 Å². The molecule has 0 spiro atoms. The van der Waals surface area contributed by atoms with E-state index in [4.69, 9.17) is 18.4 Å². The van der Waals surface area contributed by atoms with Crippen LogP contribution >= 0.6 is 0 Å². The highest BCUT2D eigenvalue weighted by Gasteiger charge is 2.66. The summed E-state index contributed by atoms with van der Waals surface area (Å²) < 4.78 is 58.2. The summed E-state index contributed by atoms with van der Waals surface area (Å²) in [4.78, 5) is 26.5. The average molecular weight is 881 g/mol. The molecule has 4 N–H and O–H groups in total. The summed E-state index contributed by atoms with van der Waals surface area (Å²) in [7, 11) is -4.97. The van der Waals surface area contributed by atoms with Crippen LogP contribution in [-0.4, -0.2) is 88.6 Å². The van der Waals surface area contributed by atoms with E-state index >= 15 is 0 Å². The molecule has 11 atom stereocenters. The summed E-state index contributed by atoms with van der Waals surface area (Å²) in [6.45, 7) is 17.6. The standard InChI is InChI=1S/C48H80O12S/c1-10-11-12-13-14-15-16-17-18-19-20-21-33(50)28-39(51)59-37-29-46(8)38(44(4,5)42(37)60-61(54,55)56)25-22-34-36-24-23-35(31(2)26-27-48(30-57-48)45(6,7)53)47(36,9)43(58-32(3)49)41(52)40(34)46/h24,31,33,35,37-38,41-43,50,52-53H,10-23,25-30H2,1-9H3,(H,54,55,56)/t31?,33?,35-,37-,38+,41-,42+,43+,46+,47-,48?/m1/s1. The number of rotatable bonds is 23. The van der Waals surface area contributed by atoms with Crippen molar-refractivity contribution >= 4 is 22.3 Å². The first-order chi connectivity index (χ1) is 28.4. The molecule has 13 heteroatoms. The lowest BCUT2D eigenvalue weighted by molar-refractivity contribution is -0.190. The molecule has 0 aromatic heterocycles. The zero-order valence-electron chi connectivity index (χ0n) is 38.8. The van der Waals surface area contributed by atoms with Gasteiger partial charge in [-0.25, -0.2) is 4.18 Å². The van der Waals surface area contributed by atoms with Gasteiger partial charge in [-0.2, -0.15) is 8.42 Å². The number of epoxide rings is 1. The number of esters is 2. The highest BCUT2D eigenvalue weighted by molar-refractivity contribution is 7.80. The monoisotopic (exact) mass is 881 g/mol. The fourth-order valence-corrected chi connectivity index (χ4v) is 13.3. The molecule has 3 unspecified atom stereocenters. The number of carbonyl (C=O) groups excluding carboxylic acids is 2. The van der Waals surface area contributed by atoms with Crippen molar-refractivity contribution in [1.29, 1.82) is 0 Å². The number of unbranched alkanes of at least 4 members (excludes halogenated alkanes) is 10. The predicted octanol–water partition coefficient (Wildman–Crippen LogP) is 8.90. The van der Waals surface area contributed by atoms with E-state index in [0.29, 0.717) is 44.3 Å². The minimum Gasteiger partial charge on any atom is -0.459 e. The summed E-state index contributed by atoms with van der Waals surface area (Å²) in [5, 5.41) is 34.4. The number of aliphatic hydroxyl groups is 3. The first-order valence-corrected chi connectivity index (χ1v) is 25.0. The van der Waals surface area contributed by atoms with Crippen LogP contribution in [0.15, 0.2) is 22.8 Å². The Morgan fingerprint density at radius 3 is 2.08 bits per heavy atom. The van der Waals surface area contributed by atoms with E-state index < -0.39 is 80.3 Å². The Hall–Kier alpha value is -1.87. The fraction of sp³-hybridized carbons (Fsp3) is 0.875. The zero-order valence-corrected chi connectivity index (χ0v) is 39.6. The van der Waals surface area contributed by atoms with Crippen LogP contribution in [0, 0.1) is 34.0 Å². The van der Waals surface area contributed by atoms with Crippen molar-refractivity contribution in [3.05, 3.63) is 22.8 Å². The Balaban J connectivity index is 1.34. The van der Waals surface area contributed by atoms with Gasteiger partial charge in [0.05, 0.1) is 24.7 Å². The summed E-state index contributed by atoms with van der Waals surface area (Å²) in [6, 6.07) is 0. The van der Waals surface area contributed by atoms with Crippen molar-refractivity contribution in [2.75, 3.05) is 6.61 Å². The Morgan fingerprint density at radius 1 is 0.951 bits per heavy atom. The van der Waals surface area contributed by atoms with E-state index in [2.05, 4.69) is 26.8 Å². The quantitative estimate of drug-likeness (QED) is 0.0331. The molecule has 1 saturated carbocycles. The average Bonchev–Trinajstić information content (AvgIpc) is 3.87. The van der Waals surface area contributed by atoms with Gasteiger partial charge in [0.25, 0.3) is 0 Å². The van der Waals surface area contributed by atoms with Crippen LogP contribution in [0.2, 0.25) is 0 Å². The second kappa shape index (κ2) is 19.7. The maximum atomic E-state index is 13.6. The van der Waals surface area contributed by atoms with Gasteiger partial charge in [-0.15, -0.1) is 0 Å². The molecule has 5 rings (SSSR count). The third-order valence-electron chi connectivity index (χ3n) is 16.1. The SMILES string of the molecule is CCCCCCCCCCCCCC(O)CC(=O)O[C@@H]1C[C@]2(C)C3=C(CC[C@H]2C(C)(C)[C@H]1OS(=O)(=O)O)C1=CC[C@H](C(C)CCC2(C(C)(C)O)CO2)[C@@]1(C)[C@@H](OC(C)=O)[C@@H]3O. The molecular formula is C48H80O12S. The molecule has 0 aromatic rings. The van der Waals surface area contributed by atoms with Gasteiger partial charge in [-0.3, -0.25) is 14.1 Å². The molecule has 2 fully saturated rings. The third-order valence-corrected chi connectivity index (χ3v) is 16.5. The molecule has 350 valence electrons. The van der Waals surface area contributed by atoms with Crippen molar-refractivity contribution in [2.45, 2.75) is 226 Å². The van der Waals surface area contributed by atoms with Crippen molar-refractivity contribution in [2.24, 2.45) is 34.0 Å². The van der Waals surface area contributed by atoms with Gasteiger partial charge in [0.1, 0.15) is 30.0 Å². The number of ether oxygens (including phenoxy) is 3. The molecule has 0 radical (unpaired) electrons. The molecule has 1 heterocycles. The molecule has 0 bridgehead atoms. The van der Waals surface area contributed by atoms with Crippen LogP contribution in [0.25, 0.3) is 0 Å². The van der Waals surface area contributed by atoms with E-state index in [0.717, 1.165) is 43.3 Å². The Bertz CT molecular complexity index is 1710. The summed E-state index contributed by atoms with van der Waals surface area (Å²) in [5.41, 5.74) is -1.42. The molecule has 12 nitrogen and oxygen atoms in total. The first-order valence-electron chi connectivity index (χ1n) is 23.6. The maximum Gasteiger partial charge on any atom is 0.397 e. The van der Waals surface area contributed by atoms with Gasteiger partial charge < -0.3 is 29.5 Å². The van der Waals surface area contributed by atoms with Crippen molar-refractivity contribution in [3.63, 3.8) is 0 Å². The minimum atomic E-state index is -4.97. The highest BCUT2D eigenvalue weighted by atomic mass is 32.3. The van der Waals surface area contributed by atoms with Crippen LogP contribution in [0.4, 0.5) is 0 Å².